The van der Waals surface area contributed by atoms with Gasteiger partial charge < -0.3 is 14.2 Å². The zero-order chi connectivity index (χ0) is 26.9. The first kappa shape index (κ1) is 25.8. The van der Waals surface area contributed by atoms with Gasteiger partial charge in [-0.3, -0.25) is 4.90 Å². The maximum Gasteiger partial charge on any atom is 0.414 e. The second kappa shape index (κ2) is 10.5. The standard InChI is InChI=1S/C27H29N5O5S/c1-19-28-26(29-37-19)21-11-13-22(14-12-21)32-18-23(36-27(32)33)17-30(2)15-16-31(3)38(34,35)25-10-6-8-20-7-4-5-9-24(20)25/h4-14,23H,15-18H2,1-3H3. The second-order valence-corrected chi connectivity index (χ2v) is 11.4. The average molecular weight is 536 g/mol. The Balaban J connectivity index is 1.17. The summed E-state index contributed by atoms with van der Waals surface area (Å²) in [6.07, 6.45) is -0.755. The predicted octanol–water partition coefficient (Wildman–Crippen LogP) is 3.78. The van der Waals surface area contributed by atoms with E-state index in [1.54, 1.807) is 31.0 Å². The number of hydrogen-bond acceptors (Lipinski definition) is 8. The van der Waals surface area contributed by atoms with Crippen molar-refractivity contribution in [2.24, 2.45) is 0 Å². The Kier molecular flexibility index (Phi) is 7.15. The molecule has 0 radical (unpaired) electrons. The van der Waals surface area contributed by atoms with Crippen molar-refractivity contribution >= 4 is 32.6 Å². The summed E-state index contributed by atoms with van der Waals surface area (Å²) in [6, 6.07) is 20.1. The second-order valence-electron chi connectivity index (χ2n) is 9.37. The number of carbonyl (C=O) groups excluding carboxylic acids is 1. The minimum absolute atomic E-state index is 0.293. The fourth-order valence-corrected chi connectivity index (χ4v) is 5.87. The number of carbonyl (C=O) groups is 1. The average Bonchev–Trinajstić information content (AvgIpc) is 3.51. The number of hydrogen-bond donors (Lipinski definition) is 0. The summed E-state index contributed by atoms with van der Waals surface area (Å²) in [6.45, 7) is 3.37. The monoisotopic (exact) mass is 535 g/mol. The van der Waals surface area contributed by atoms with Crippen LogP contribution in [-0.2, 0) is 14.8 Å². The van der Waals surface area contributed by atoms with Gasteiger partial charge in [0.25, 0.3) is 0 Å². The minimum Gasteiger partial charge on any atom is -0.443 e. The molecule has 38 heavy (non-hydrogen) atoms. The zero-order valence-corrected chi connectivity index (χ0v) is 22.3. The molecule has 1 unspecified atom stereocenters. The number of cyclic esters (lactones) is 1. The van der Waals surface area contributed by atoms with Crippen LogP contribution < -0.4 is 4.90 Å². The molecule has 5 rings (SSSR count). The fourth-order valence-electron chi connectivity index (χ4n) is 4.49. The number of likely N-dealkylation sites (N-methyl/N-ethyl adjacent to an activating group) is 2. The fraction of sp³-hybridized carbons (Fsp3) is 0.296. The molecule has 0 bridgehead atoms. The molecule has 3 aromatic carbocycles. The van der Waals surface area contributed by atoms with Crippen molar-refractivity contribution in [3.8, 4) is 11.4 Å². The number of aromatic nitrogens is 2. The van der Waals surface area contributed by atoms with Crippen molar-refractivity contribution in [3.63, 3.8) is 0 Å². The van der Waals surface area contributed by atoms with Crippen LogP contribution in [0, 0.1) is 6.92 Å². The molecule has 4 aromatic rings. The van der Waals surface area contributed by atoms with Crippen LogP contribution in [0.4, 0.5) is 10.5 Å². The van der Waals surface area contributed by atoms with Crippen LogP contribution in [0.15, 0.2) is 76.1 Å². The highest BCUT2D eigenvalue weighted by molar-refractivity contribution is 7.89. The smallest absolute Gasteiger partial charge is 0.414 e. The van der Waals surface area contributed by atoms with Gasteiger partial charge in [0.2, 0.25) is 21.7 Å². The SMILES string of the molecule is Cc1nc(-c2ccc(N3CC(CN(C)CCN(C)S(=O)(=O)c4cccc5ccccc45)OC3=O)cc2)no1. The van der Waals surface area contributed by atoms with E-state index in [1.807, 2.05) is 66.5 Å². The van der Waals surface area contributed by atoms with Gasteiger partial charge in [0, 0.05) is 50.2 Å². The van der Waals surface area contributed by atoms with E-state index in [1.165, 1.54) is 4.31 Å². The van der Waals surface area contributed by atoms with Crippen molar-refractivity contribution in [2.75, 3.05) is 45.2 Å². The first-order chi connectivity index (χ1) is 18.2. The number of sulfonamides is 1. The zero-order valence-electron chi connectivity index (χ0n) is 21.4. The van der Waals surface area contributed by atoms with Gasteiger partial charge >= 0.3 is 6.09 Å². The Morgan fingerprint density at radius 1 is 1.00 bits per heavy atom. The Bertz CT molecular complexity index is 1550. The molecule has 1 amide bonds. The first-order valence-corrected chi connectivity index (χ1v) is 13.7. The number of ether oxygens (including phenoxy) is 1. The van der Waals surface area contributed by atoms with Crippen LogP contribution in [0.3, 0.4) is 0 Å². The number of aryl methyl sites for hydroxylation is 1. The molecule has 2 heterocycles. The molecular weight excluding hydrogens is 506 g/mol. The van der Waals surface area contributed by atoms with Gasteiger partial charge in [0.1, 0.15) is 6.10 Å². The highest BCUT2D eigenvalue weighted by atomic mass is 32.2. The maximum atomic E-state index is 13.3. The van der Waals surface area contributed by atoms with E-state index in [-0.39, 0.29) is 6.10 Å². The summed E-state index contributed by atoms with van der Waals surface area (Å²) in [7, 11) is -0.196. The molecule has 10 nitrogen and oxygen atoms in total. The van der Waals surface area contributed by atoms with E-state index in [0.29, 0.717) is 53.9 Å². The van der Waals surface area contributed by atoms with Crippen molar-refractivity contribution in [1.82, 2.24) is 19.3 Å². The maximum absolute atomic E-state index is 13.3. The van der Waals surface area contributed by atoms with E-state index in [2.05, 4.69) is 10.1 Å². The molecule has 1 aromatic heterocycles. The molecule has 0 aliphatic carbocycles. The Labute approximate surface area is 221 Å². The molecule has 0 spiro atoms. The van der Waals surface area contributed by atoms with Crippen LogP contribution in [0.5, 0.6) is 0 Å². The summed E-state index contributed by atoms with van der Waals surface area (Å²) in [4.78, 5) is 20.6. The summed E-state index contributed by atoms with van der Waals surface area (Å²) >= 11 is 0. The normalized spacial score (nSPS) is 16.1. The Hall–Kier alpha value is -3.80. The van der Waals surface area contributed by atoms with E-state index in [0.717, 1.165) is 10.9 Å². The predicted molar refractivity (Wildman–Crippen MR) is 143 cm³/mol. The van der Waals surface area contributed by atoms with E-state index < -0.39 is 16.1 Å². The topological polar surface area (TPSA) is 109 Å². The number of anilines is 1. The first-order valence-electron chi connectivity index (χ1n) is 12.2. The summed E-state index contributed by atoms with van der Waals surface area (Å²) in [5, 5.41) is 5.49. The van der Waals surface area contributed by atoms with Crippen LogP contribution in [0.25, 0.3) is 22.2 Å². The van der Waals surface area contributed by atoms with Gasteiger partial charge in [-0.25, -0.2) is 13.2 Å². The van der Waals surface area contributed by atoms with Crippen molar-refractivity contribution in [2.45, 2.75) is 17.9 Å². The lowest BCUT2D eigenvalue weighted by atomic mass is 10.1. The van der Waals surface area contributed by atoms with Gasteiger partial charge in [-0.2, -0.15) is 9.29 Å². The number of benzene rings is 3. The van der Waals surface area contributed by atoms with Gasteiger partial charge in [0.15, 0.2) is 0 Å². The molecule has 1 aliphatic heterocycles. The van der Waals surface area contributed by atoms with Crippen molar-refractivity contribution in [1.29, 1.82) is 0 Å². The van der Waals surface area contributed by atoms with Gasteiger partial charge in [-0.1, -0.05) is 41.6 Å². The quantitative estimate of drug-likeness (QED) is 0.319. The number of nitrogens with zero attached hydrogens (tertiary/aromatic N) is 5. The lowest BCUT2D eigenvalue weighted by Crippen LogP contribution is -2.38. The number of rotatable bonds is 9. The number of amides is 1. The van der Waals surface area contributed by atoms with E-state index >= 15 is 0 Å². The molecule has 1 aliphatic rings. The van der Waals surface area contributed by atoms with E-state index in [9.17, 15) is 13.2 Å². The molecule has 0 N–H and O–H groups in total. The van der Waals surface area contributed by atoms with Crippen LogP contribution in [0.2, 0.25) is 0 Å². The van der Waals surface area contributed by atoms with Crippen LogP contribution in [0.1, 0.15) is 5.89 Å². The van der Waals surface area contributed by atoms with Crippen molar-refractivity contribution < 1.29 is 22.5 Å². The van der Waals surface area contributed by atoms with Gasteiger partial charge in [0.05, 0.1) is 11.4 Å². The van der Waals surface area contributed by atoms with Gasteiger partial charge in [-0.15, -0.1) is 0 Å². The highest BCUT2D eigenvalue weighted by Crippen LogP contribution is 2.26. The third-order valence-corrected chi connectivity index (χ3v) is 8.50. The molecule has 198 valence electrons. The molecular formula is C27H29N5O5S. The van der Waals surface area contributed by atoms with Crippen LogP contribution in [-0.4, -0.2) is 80.2 Å². The van der Waals surface area contributed by atoms with E-state index in [4.69, 9.17) is 9.26 Å². The summed E-state index contributed by atoms with van der Waals surface area (Å²) in [5.41, 5.74) is 1.50. The molecule has 0 saturated carbocycles. The lowest BCUT2D eigenvalue weighted by Gasteiger charge is -2.24. The summed E-state index contributed by atoms with van der Waals surface area (Å²) < 4.78 is 38.5. The van der Waals surface area contributed by atoms with Crippen molar-refractivity contribution in [3.05, 3.63) is 72.6 Å². The number of fused-ring (bicyclic) bond motifs is 1. The third kappa shape index (κ3) is 5.26. The lowest BCUT2D eigenvalue weighted by molar-refractivity contribution is 0.116. The summed E-state index contributed by atoms with van der Waals surface area (Å²) in [5.74, 6) is 0.974. The molecule has 1 atom stereocenters. The highest BCUT2D eigenvalue weighted by Gasteiger charge is 2.33. The minimum atomic E-state index is -3.67. The molecule has 1 fully saturated rings. The largest absolute Gasteiger partial charge is 0.443 e. The molecule has 1 saturated heterocycles. The molecule has 11 heteroatoms. The third-order valence-electron chi connectivity index (χ3n) is 6.59. The Morgan fingerprint density at radius 2 is 1.74 bits per heavy atom. The van der Waals surface area contributed by atoms with Crippen LogP contribution >= 0.6 is 0 Å². The van der Waals surface area contributed by atoms with Gasteiger partial charge in [-0.05, 0) is 42.8 Å². The Morgan fingerprint density at radius 3 is 2.47 bits per heavy atom.